The van der Waals surface area contributed by atoms with Crippen molar-refractivity contribution in [1.82, 2.24) is 0 Å². The molecular formula is C31H30B2F4N2O8. The van der Waals surface area contributed by atoms with E-state index >= 15 is 0 Å². The molecule has 16 heteroatoms. The molecule has 0 saturated carbocycles. The lowest BCUT2D eigenvalue weighted by Crippen LogP contribution is -2.22. The molecular weight excluding hydrogens is 626 g/mol. The number of nitrogens with zero attached hydrogens (tertiary/aromatic N) is 2. The van der Waals surface area contributed by atoms with Crippen LogP contribution in [-0.4, -0.2) is 52.0 Å². The lowest BCUT2D eigenvalue weighted by molar-refractivity contribution is 0.104. The summed E-state index contributed by atoms with van der Waals surface area (Å²) in [5.41, 5.74) is -2.94. The van der Waals surface area contributed by atoms with Crippen molar-refractivity contribution >= 4 is 59.8 Å². The maximum Gasteiger partial charge on any atom is 0.796 e. The predicted molar refractivity (Wildman–Crippen MR) is 173 cm³/mol. The summed E-state index contributed by atoms with van der Waals surface area (Å²) in [5, 5.41) is 10.8. The van der Waals surface area contributed by atoms with Crippen LogP contribution < -0.4 is 25.7 Å². The maximum atomic E-state index is 13.4. The minimum atomic E-state index is -3.47. The van der Waals surface area contributed by atoms with Gasteiger partial charge in [-0.05, 0) is 64.1 Å². The summed E-state index contributed by atoms with van der Waals surface area (Å²) in [5.74, 6) is -3.52. The van der Waals surface area contributed by atoms with Gasteiger partial charge in [-0.15, -0.1) is 0 Å². The standard InChI is InChI=1S/C31H30B2F4N2O8/c1-5-38(6-2)18-12-14-20-24(16-18)44-31(43)27(28(20)41)23(46-32(34)35)11-9-10-22(40)26-29(47-33(36)37)21-15-13-19(39(7-3)8-4)17-25(21)45-30(26)42/h9-17,41H,5-8H2,1-4H3/b10-9+,23-11+. The van der Waals surface area contributed by atoms with Gasteiger partial charge in [-0.1, -0.05) is 6.08 Å². The normalized spacial score (nSPS) is 11.7. The van der Waals surface area contributed by atoms with E-state index in [0.29, 0.717) is 43.6 Å². The Hall–Kier alpha value is -5.14. The number of ketones is 1. The zero-order chi connectivity index (χ0) is 34.4. The van der Waals surface area contributed by atoms with Crippen LogP contribution in [-0.2, 0) is 4.65 Å². The third-order valence-electron chi connectivity index (χ3n) is 7.38. The van der Waals surface area contributed by atoms with Gasteiger partial charge in [0, 0.05) is 49.7 Å². The van der Waals surface area contributed by atoms with Crippen molar-refractivity contribution < 1.29 is 45.3 Å². The van der Waals surface area contributed by atoms with Crippen LogP contribution in [0.5, 0.6) is 11.5 Å². The van der Waals surface area contributed by atoms with E-state index in [1.165, 1.54) is 24.3 Å². The Morgan fingerprint density at radius 2 is 1.32 bits per heavy atom. The number of anilines is 2. The van der Waals surface area contributed by atoms with Crippen LogP contribution in [0.4, 0.5) is 28.6 Å². The molecule has 0 radical (unpaired) electrons. The van der Waals surface area contributed by atoms with Crippen molar-refractivity contribution in [1.29, 1.82) is 0 Å². The number of halogens is 4. The number of hydrogen-bond donors (Lipinski definition) is 1. The summed E-state index contributed by atoms with van der Waals surface area (Å²) >= 11 is 0. The molecule has 47 heavy (non-hydrogen) atoms. The molecule has 2 aromatic carbocycles. The van der Waals surface area contributed by atoms with Crippen LogP contribution in [0.25, 0.3) is 27.7 Å². The van der Waals surface area contributed by atoms with Crippen molar-refractivity contribution in [3.63, 3.8) is 0 Å². The Kier molecular flexibility index (Phi) is 11.1. The molecule has 0 bridgehead atoms. The monoisotopic (exact) mass is 656 g/mol. The van der Waals surface area contributed by atoms with E-state index in [4.69, 9.17) is 8.83 Å². The van der Waals surface area contributed by atoms with Crippen molar-refractivity contribution in [3.8, 4) is 11.5 Å². The first-order valence-electron chi connectivity index (χ1n) is 14.7. The molecule has 1 N–H and O–H groups in total. The van der Waals surface area contributed by atoms with Crippen LogP contribution >= 0.6 is 0 Å². The summed E-state index contributed by atoms with van der Waals surface area (Å²) in [6.07, 6.45) is 2.25. The number of hydrogen-bond acceptors (Lipinski definition) is 10. The third-order valence-corrected chi connectivity index (χ3v) is 7.38. The quantitative estimate of drug-likeness (QED) is 0.0314. The van der Waals surface area contributed by atoms with Crippen molar-refractivity contribution in [2.24, 2.45) is 0 Å². The van der Waals surface area contributed by atoms with E-state index in [9.17, 15) is 36.8 Å². The van der Waals surface area contributed by atoms with Gasteiger partial charge in [0.1, 0.15) is 39.6 Å². The molecule has 0 aliphatic rings. The first-order chi connectivity index (χ1) is 22.4. The van der Waals surface area contributed by atoms with Crippen LogP contribution in [0.3, 0.4) is 0 Å². The molecule has 0 spiro atoms. The highest BCUT2D eigenvalue weighted by Gasteiger charge is 2.29. The number of aromatic hydroxyl groups is 1. The summed E-state index contributed by atoms with van der Waals surface area (Å²) in [6, 6.07) is 9.01. The summed E-state index contributed by atoms with van der Waals surface area (Å²) < 4.78 is 73.3. The average molecular weight is 656 g/mol. The van der Waals surface area contributed by atoms with Gasteiger partial charge in [0.15, 0.2) is 5.78 Å². The molecule has 0 atom stereocenters. The maximum absolute atomic E-state index is 13.4. The second-order valence-electron chi connectivity index (χ2n) is 9.92. The Bertz CT molecular complexity index is 1950. The summed E-state index contributed by atoms with van der Waals surface area (Å²) in [4.78, 5) is 42.8. The van der Waals surface area contributed by atoms with E-state index in [0.717, 1.165) is 12.2 Å². The van der Waals surface area contributed by atoms with E-state index < -0.39 is 60.4 Å². The second kappa shape index (κ2) is 15.0. The number of carbonyl (C=O) groups excluding carboxylic acids is 1. The molecule has 4 aromatic rings. The number of benzene rings is 2. The van der Waals surface area contributed by atoms with E-state index in [1.807, 2.05) is 37.5 Å². The molecule has 2 heterocycles. The Labute approximate surface area is 266 Å². The molecule has 0 aliphatic carbocycles. The Balaban J connectivity index is 1.78. The molecule has 0 aliphatic heterocycles. The number of rotatable bonds is 14. The van der Waals surface area contributed by atoms with Gasteiger partial charge in [-0.25, -0.2) is 26.9 Å². The minimum absolute atomic E-state index is 0.0124. The van der Waals surface area contributed by atoms with Gasteiger partial charge in [0.05, 0.1) is 10.8 Å². The lowest BCUT2D eigenvalue weighted by atomic mass is 10.1. The molecule has 0 amide bonds. The Morgan fingerprint density at radius 1 is 0.809 bits per heavy atom. The molecule has 4 rings (SSSR count). The summed E-state index contributed by atoms with van der Waals surface area (Å²) in [6.45, 7) is 10.1. The molecule has 246 valence electrons. The van der Waals surface area contributed by atoms with E-state index in [2.05, 4.69) is 9.31 Å². The number of fused-ring (bicyclic) bond motifs is 2. The molecule has 2 aromatic heterocycles. The van der Waals surface area contributed by atoms with Gasteiger partial charge >= 0.3 is 26.2 Å². The smallest absolute Gasteiger partial charge is 0.506 e. The largest absolute Gasteiger partial charge is 0.796 e. The molecule has 0 unspecified atom stereocenters. The Morgan fingerprint density at radius 3 is 1.83 bits per heavy atom. The van der Waals surface area contributed by atoms with Gasteiger partial charge in [-0.2, -0.15) is 0 Å². The zero-order valence-electron chi connectivity index (χ0n) is 25.9. The summed E-state index contributed by atoms with van der Waals surface area (Å²) in [7, 11) is -6.88. The average Bonchev–Trinajstić information content (AvgIpc) is 3.01. The number of carbonyl (C=O) groups is 1. The lowest BCUT2D eigenvalue weighted by Gasteiger charge is -2.21. The van der Waals surface area contributed by atoms with Gasteiger partial charge < -0.3 is 33.0 Å². The van der Waals surface area contributed by atoms with Crippen LogP contribution in [0.1, 0.15) is 43.6 Å². The number of allylic oxidation sites excluding steroid dienone is 3. The van der Waals surface area contributed by atoms with Crippen LogP contribution in [0.15, 0.2) is 73.0 Å². The minimum Gasteiger partial charge on any atom is -0.506 e. The van der Waals surface area contributed by atoms with Crippen molar-refractivity contribution in [2.45, 2.75) is 27.7 Å². The van der Waals surface area contributed by atoms with Crippen LogP contribution in [0.2, 0.25) is 0 Å². The molecule has 0 fully saturated rings. The molecule has 10 nitrogen and oxygen atoms in total. The second-order valence-corrected chi connectivity index (χ2v) is 9.92. The van der Waals surface area contributed by atoms with E-state index in [1.54, 1.807) is 12.1 Å². The SMILES string of the molecule is CCN(CC)c1ccc2c(O)c(/C(=C\C=C\C(=O)c3c(OB(F)F)c4ccc(N(CC)CC)cc4oc3=O)OB(F)F)c(=O)oc2c1. The fourth-order valence-electron chi connectivity index (χ4n) is 5.13. The topological polar surface area (TPSA) is 123 Å². The van der Waals surface area contributed by atoms with Gasteiger partial charge in [-0.3, -0.25) is 4.79 Å². The van der Waals surface area contributed by atoms with Crippen LogP contribution in [0, 0.1) is 0 Å². The highest BCUT2D eigenvalue weighted by atomic mass is 19.2. The fourth-order valence-corrected chi connectivity index (χ4v) is 5.13. The third kappa shape index (κ3) is 7.47. The van der Waals surface area contributed by atoms with Crippen molar-refractivity contribution in [2.75, 3.05) is 36.0 Å². The highest BCUT2D eigenvalue weighted by Crippen LogP contribution is 2.34. The first-order valence-corrected chi connectivity index (χ1v) is 14.7. The molecule has 0 saturated heterocycles. The fraction of sp³-hybridized carbons (Fsp3) is 0.258. The zero-order valence-corrected chi connectivity index (χ0v) is 25.9. The van der Waals surface area contributed by atoms with E-state index in [-0.39, 0.29) is 21.9 Å². The van der Waals surface area contributed by atoms with Gasteiger partial charge in [0.25, 0.3) is 0 Å². The van der Waals surface area contributed by atoms with Gasteiger partial charge in [0.2, 0.25) is 0 Å². The van der Waals surface area contributed by atoms with Crippen molar-refractivity contribution in [3.05, 3.63) is 86.6 Å². The predicted octanol–water partition coefficient (Wildman–Crippen LogP) is 6.32. The highest BCUT2D eigenvalue weighted by molar-refractivity contribution is 6.36. The first kappa shape index (κ1) is 34.7.